The van der Waals surface area contributed by atoms with Crippen LogP contribution in [-0.4, -0.2) is 42.4 Å². The number of sulfonamides is 1. The summed E-state index contributed by atoms with van der Waals surface area (Å²) in [4.78, 5) is 11.0. The van der Waals surface area contributed by atoms with E-state index in [1.54, 1.807) is 6.92 Å². The van der Waals surface area contributed by atoms with E-state index in [9.17, 15) is 18.3 Å². The van der Waals surface area contributed by atoms with Crippen LogP contribution in [0.15, 0.2) is 23.1 Å². The first-order valence-corrected chi connectivity index (χ1v) is 7.85. The van der Waals surface area contributed by atoms with Crippen molar-refractivity contribution in [2.75, 3.05) is 18.8 Å². The summed E-state index contributed by atoms with van der Waals surface area (Å²) in [7, 11) is -3.86. The Hall–Kier alpha value is -1.64. The van der Waals surface area contributed by atoms with Gasteiger partial charge in [-0.1, -0.05) is 6.92 Å². The number of nitrogens with zero attached hydrogens (tertiary/aromatic N) is 1. The molecule has 0 fully saturated rings. The lowest BCUT2D eigenvalue weighted by atomic mass is 10.1. The molecule has 21 heavy (non-hydrogen) atoms. The standard InChI is InChI=1S/C13H21N3O4S/c1-4-16(8-13(2,3)18)21(19,20)11-6-5-9(12(15)17)7-10(11)14/h5-7,18H,4,8,14H2,1-3H3,(H2,15,17). The Morgan fingerprint density at radius 1 is 1.38 bits per heavy atom. The van der Waals surface area contributed by atoms with Gasteiger partial charge in [0.1, 0.15) is 4.90 Å². The molecule has 1 aromatic carbocycles. The molecule has 0 aromatic heterocycles. The van der Waals surface area contributed by atoms with Crippen molar-refractivity contribution in [3.63, 3.8) is 0 Å². The van der Waals surface area contributed by atoms with Crippen molar-refractivity contribution in [1.82, 2.24) is 4.31 Å². The van der Waals surface area contributed by atoms with Crippen LogP contribution in [-0.2, 0) is 10.0 Å². The van der Waals surface area contributed by atoms with Gasteiger partial charge in [-0.15, -0.1) is 0 Å². The normalized spacial score (nSPS) is 12.6. The first-order valence-electron chi connectivity index (χ1n) is 6.41. The van der Waals surface area contributed by atoms with Gasteiger partial charge in [0.2, 0.25) is 15.9 Å². The number of nitrogens with two attached hydrogens (primary N) is 2. The molecule has 1 rings (SSSR count). The number of hydrogen-bond acceptors (Lipinski definition) is 5. The highest BCUT2D eigenvalue weighted by molar-refractivity contribution is 7.89. The molecule has 0 atom stereocenters. The van der Waals surface area contributed by atoms with Crippen molar-refractivity contribution < 1.29 is 18.3 Å². The zero-order valence-electron chi connectivity index (χ0n) is 12.3. The first-order chi connectivity index (χ1) is 9.49. The van der Waals surface area contributed by atoms with Crippen molar-refractivity contribution in [3.8, 4) is 0 Å². The monoisotopic (exact) mass is 315 g/mol. The lowest BCUT2D eigenvalue weighted by Gasteiger charge is -2.27. The van der Waals surface area contributed by atoms with Gasteiger partial charge in [0.15, 0.2) is 0 Å². The molecule has 0 radical (unpaired) electrons. The van der Waals surface area contributed by atoms with E-state index >= 15 is 0 Å². The fourth-order valence-corrected chi connectivity index (χ4v) is 3.57. The van der Waals surface area contributed by atoms with Gasteiger partial charge in [-0.3, -0.25) is 4.79 Å². The van der Waals surface area contributed by atoms with Crippen molar-refractivity contribution >= 4 is 21.6 Å². The maximum absolute atomic E-state index is 12.6. The zero-order chi connectivity index (χ0) is 16.4. The van der Waals surface area contributed by atoms with E-state index in [4.69, 9.17) is 11.5 Å². The second kappa shape index (κ2) is 6.00. The number of anilines is 1. The highest BCUT2D eigenvalue weighted by atomic mass is 32.2. The number of carbonyl (C=O) groups excluding carboxylic acids is 1. The van der Waals surface area contributed by atoms with Gasteiger partial charge in [-0.25, -0.2) is 8.42 Å². The molecule has 0 aliphatic heterocycles. The van der Waals surface area contributed by atoms with Gasteiger partial charge in [-0.2, -0.15) is 4.31 Å². The molecule has 0 bridgehead atoms. The quantitative estimate of drug-likeness (QED) is 0.644. The van der Waals surface area contributed by atoms with E-state index in [1.165, 1.54) is 32.0 Å². The van der Waals surface area contributed by atoms with E-state index in [0.717, 1.165) is 4.31 Å². The van der Waals surface area contributed by atoms with Crippen molar-refractivity contribution in [2.45, 2.75) is 31.3 Å². The molecule has 0 saturated carbocycles. The lowest BCUT2D eigenvalue weighted by Crippen LogP contribution is -2.42. The molecule has 0 aliphatic carbocycles. The van der Waals surface area contributed by atoms with Crippen LogP contribution in [0.2, 0.25) is 0 Å². The molecule has 118 valence electrons. The molecule has 1 amide bonds. The average molecular weight is 315 g/mol. The van der Waals surface area contributed by atoms with Crippen LogP contribution in [0.5, 0.6) is 0 Å². The van der Waals surface area contributed by atoms with Gasteiger partial charge < -0.3 is 16.6 Å². The van der Waals surface area contributed by atoms with Crippen LogP contribution < -0.4 is 11.5 Å². The molecule has 0 heterocycles. The Balaban J connectivity index is 3.26. The second-order valence-electron chi connectivity index (χ2n) is 5.36. The van der Waals surface area contributed by atoms with Crippen molar-refractivity contribution in [3.05, 3.63) is 23.8 Å². The van der Waals surface area contributed by atoms with Crippen LogP contribution in [0, 0.1) is 0 Å². The molecular formula is C13H21N3O4S. The topological polar surface area (TPSA) is 127 Å². The second-order valence-corrected chi connectivity index (χ2v) is 7.27. The van der Waals surface area contributed by atoms with E-state index < -0.39 is 21.5 Å². The van der Waals surface area contributed by atoms with Gasteiger partial charge in [-0.05, 0) is 32.0 Å². The van der Waals surface area contributed by atoms with Gasteiger partial charge in [0.25, 0.3) is 0 Å². The van der Waals surface area contributed by atoms with Gasteiger partial charge in [0, 0.05) is 18.7 Å². The SMILES string of the molecule is CCN(CC(C)(C)O)S(=O)(=O)c1ccc(C(N)=O)cc1N. The molecule has 8 heteroatoms. The predicted molar refractivity (Wildman–Crippen MR) is 80.1 cm³/mol. The summed E-state index contributed by atoms with van der Waals surface area (Å²) >= 11 is 0. The highest BCUT2D eigenvalue weighted by Crippen LogP contribution is 2.24. The van der Waals surface area contributed by atoms with Crippen LogP contribution in [0.3, 0.4) is 0 Å². The average Bonchev–Trinajstić information content (AvgIpc) is 2.34. The van der Waals surface area contributed by atoms with Crippen LogP contribution >= 0.6 is 0 Å². The third kappa shape index (κ3) is 4.16. The van der Waals surface area contributed by atoms with E-state index in [2.05, 4.69) is 0 Å². The number of hydrogen-bond donors (Lipinski definition) is 3. The number of benzene rings is 1. The van der Waals surface area contributed by atoms with Crippen LogP contribution in [0.4, 0.5) is 5.69 Å². The minimum atomic E-state index is -3.86. The Morgan fingerprint density at radius 3 is 2.33 bits per heavy atom. The molecule has 5 N–H and O–H groups in total. The van der Waals surface area contributed by atoms with Crippen LogP contribution in [0.1, 0.15) is 31.1 Å². The number of aliphatic hydroxyl groups is 1. The lowest BCUT2D eigenvalue weighted by molar-refractivity contribution is 0.0601. The van der Waals surface area contributed by atoms with Gasteiger partial charge in [0.05, 0.1) is 11.3 Å². The maximum Gasteiger partial charge on any atom is 0.248 e. The Bertz CT molecular complexity index is 635. The van der Waals surface area contributed by atoms with E-state index in [0.29, 0.717) is 0 Å². The summed E-state index contributed by atoms with van der Waals surface area (Å²) in [5, 5.41) is 9.82. The summed E-state index contributed by atoms with van der Waals surface area (Å²) in [6.07, 6.45) is 0. The summed E-state index contributed by atoms with van der Waals surface area (Å²) in [6.45, 7) is 4.82. The number of amides is 1. The third-order valence-electron chi connectivity index (χ3n) is 2.83. The van der Waals surface area contributed by atoms with Crippen molar-refractivity contribution in [1.29, 1.82) is 0 Å². The van der Waals surface area contributed by atoms with Crippen molar-refractivity contribution in [2.24, 2.45) is 5.73 Å². The fraction of sp³-hybridized carbons (Fsp3) is 0.462. The summed E-state index contributed by atoms with van der Waals surface area (Å²) < 4.78 is 26.3. The Morgan fingerprint density at radius 2 is 1.95 bits per heavy atom. The molecule has 0 spiro atoms. The van der Waals surface area contributed by atoms with Gasteiger partial charge >= 0.3 is 0 Å². The number of likely N-dealkylation sites (N-methyl/N-ethyl adjacent to an activating group) is 1. The molecular weight excluding hydrogens is 294 g/mol. The molecule has 1 aromatic rings. The molecule has 0 unspecified atom stereocenters. The fourth-order valence-electron chi connectivity index (χ4n) is 1.87. The number of carbonyl (C=O) groups is 1. The predicted octanol–water partition coefficient (Wildman–Crippen LogP) is 0.149. The largest absolute Gasteiger partial charge is 0.398 e. The smallest absolute Gasteiger partial charge is 0.248 e. The Labute approximate surface area is 124 Å². The minimum absolute atomic E-state index is 0.0551. The summed E-state index contributed by atoms with van der Waals surface area (Å²) in [5.41, 5.74) is 9.75. The van der Waals surface area contributed by atoms with Crippen LogP contribution in [0.25, 0.3) is 0 Å². The van der Waals surface area contributed by atoms with E-state index in [-0.39, 0.29) is 29.2 Å². The molecule has 0 aliphatic rings. The molecule has 0 saturated heterocycles. The third-order valence-corrected chi connectivity index (χ3v) is 4.82. The minimum Gasteiger partial charge on any atom is -0.398 e. The molecule has 7 nitrogen and oxygen atoms in total. The summed E-state index contributed by atoms with van der Waals surface area (Å²) in [5.74, 6) is -0.686. The number of nitrogen functional groups attached to an aromatic ring is 1. The zero-order valence-corrected chi connectivity index (χ0v) is 13.1. The first kappa shape index (κ1) is 17.4. The number of rotatable bonds is 6. The van der Waals surface area contributed by atoms with E-state index in [1.807, 2.05) is 0 Å². The number of primary amides is 1. The highest BCUT2D eigenvalue weighted by Gasteiger charge is 2.30. The summed E-state index contributed by atoms with van der Waals surface area (Å²) in [6, 6.07) is 3.79. The Kier molecular flexibility index (Phi) is 4.98. The maximum atomic E-state index is 12.6.